The maximum Gasteiger partial charge on any atom is 0.220 e. The minimum absolute atomic E-state index is 0. The summed E-state index contributed by atoms with van der Waals surface area (Å²) in [7, 11) is 3.22. The number of benzene rings is 1. The molecule has 0 spiro atoms. The average Bonchev–Trinajstić information content (AvgIpc) is 2.43. The minimum atomic E-state index is 0. The number of ether oxygens (including phenoxy) is 2. The largest absolute Gasteiger partial charge is 0.493 e. The predicted molar refractivity (Wildman–Crippen MR) is 84.5 cm³/mol. The van der Waals surface area contributed by atoms with Gasteiger partial charge in [-0.15, -0.1) is 12.4 Å². The van der Waals surface area contributed by atoms with Gasteiger partial charge in [0, 0.05) is 32.0 Å². The van der Waals surface area contributed by atoms with Gasteiger partial charge in [0.2, 0.25) is 5.91 Å². The van der Waals surface area contributed by atoms with E-state index in [1.165, 1.54) is 0 Å². The van der Waals surface area contributed by atoms with Crippen LogP contribution in [0.5, 0.6) is 11.5 Å². The molecule has 0 bridgehead atoms. The van der Waals surface area contributed by atoms with E-state index in [1.54, 1.807) is 14.2 Å². The third-order valence-electron chi connectivity index (χ3n) is 3.54. The summed E-state index contributed by atoms with van der Waals surface area (Å²) in [5.41, 5.74) is 1.07. The van der Waals surface area contributed by atoms with Crippen molar-refractivity contribution in [3.8, 4) is 11.5 Å². The second-order valence-corrected chi connectivity index (χ2v) is 5.02. The molecule has 1 amide bonds. The second-order valence-electron chi connectivity index (χ2n) is 5.02. The Morgan fingerprint density at radius 1 is 1.29 bits per heavy atom. The number of amides is 1. The molecule has 1 aliphatic rings. The fraction of sp³-hybridized carbons (Fsp3) is 0.533. The van der Waals surface area contributed by atoms with E-state index >= 15 is 0 Å². The highest BCUT2D eigenvalue weighted by atomic mass is 35.5. The van der Waals surface area contributed by atoms with Gasteiger partial charge in [0.25, 0.3) is 0 Å². The Kier molecular flexibility index (Phi) is 7.32. The molecule has 5 nitrogen and oxygen atoms in total. The van der Waals surface area contributed by atoms with Gasteiger partial charge in [-0.2, -0.15) is 0 Å². The van der Waals surface area contributed by atoms with Gasteiger partial charge in [0.1, 0.15) is 0 Å². The Morgan fingerprint density at radius 2 is 2.00 bits per heavy atom. The summed E-state index contributed by atoms with van der Waals surface area (Å²) in [4.78, 5) is 11.8. The number of halogens is 1. The summed E-state index contributed by atoms with van der Waals surface area (Å²) >= 11 is 0. The standard InChI is InChI=1S/C15H22N2O3.ClH/c1-19-13-5-3-11(7-14(13)20-2)4-6-15(18)17-10-12-8-16-9-12;/h3,5,7,12,16H,4,6,8-10H2,1-2H3,(H,17,18);1H. The summed E-state index contributed by atoms with van der Waals surface area (Å²) in [5.74, 6) is 2.11. The van der Waals surface area contributed by atoms with Crippen LogP contribution in [0.4, 0.5) is 0 Å². The summed E-state index contributed by atoms with van der Waals surface area (Å²) < 4.78 is 10.4. The topological polar surface area (TPSA) is 59.6 Å². The second kappa shape index (κ2) is 8.74. The van der Waals surface area contributed by atoms with Gasteiger partial charge < -0.3 is 20.1 Å². The average molecular weight is 315 g/mol. The summed E-state index contributed by atoms with van der Waals surface area (Å²) in [6, 6.07) is 5.75. The normalized spacial score (nSPS) is 13.8. The van der Waals surface area contributed by atoms with Gasteiger partial charge in [-0.05, 0) is 24.1 Å². The van der Waals surface area contributed by atoms with E-state index in [-0.39, 0.29) is 18.3 Å². The van der Waals surface area contributed by atoms with E-state index < -0.39 is 0 Å². The van der Waals surface area contributed by atoms with Crippen molar-refractivity contribution in [3.63, 3.8) is 0 Å². The molecule has 1 aromatic rings. The van der Waals surface area contributed by atoms with Crippen LogP contribution in [0.25, 0.3) is 0 Å². The van der Waals surface area contributed by atoms with Gasteiger partial charge in [-0.1, -0.05) is 6.07 Å². The van der Waals surface area contributed by atoms with Crippen molar-refractivity contribution in [2.45, 2.75) is 12.8 Å². The molecule has 6 heteroatoms. The molecule has 0 unspecified atom stereocenters. The Morgan fingerprint density at radius 3 is 2.57 bits per heavy atom. The van der Waals surface area contributed by atoms with Crippen LogP contribution in [-0.2, 0) is 11.2 Å². The molecule has 1 aliphatic heterocycles. The van der Waals surface area contributed by atoms with Crippen LogP contribution in [0.3, 0.4) is 0 Å². The van der Waals surface area contributed by atoms with Crippen molar-refractivity contribution in [1.29, 1.82) is 0 Å². The number of carbonyl (C=O) groups excluding carboxylic acids is 1. The first-order valence-electron chi connectivity index (χ1n) is 6.91. The maximum atomic E-state index is 11.8. The molecule has 0 aromatic heterocycles. The maximum absolute atomic E-state index is 11.8. The van der Waals surface area contributed by atoms with Crippen molar-refractivity contribution in [1.82, 2.24) is 10.6 Å². The first-order valence-corrected chi connectivity index (χ1v) is 6.91. The molecule has 0 radical (unpaired) electrons. The molecule has 21 heavy (non-hydrogen) atoms. The monoisotopic (exact) mass is 314 g/mol. The van der Waals surface area contributed by atoms with Crippen LogP contribution in [0.2, 0.25) is 0 Å². The smallest absolute Gasteiger partial charge is 0.220 e. The number of hydrogen-bond donors (Lipinski definition) is 2. The highest BCUT2D eigenvalue weighted by Crippen LogP contribution is 2.27. The van der Waals surface area contributed by atoms with E-state index in [2.05, 4.69) is 10.6 Å². The molecule has 1 aromatic carbocycles. The molecular formula is C15H23ClN2O3. The van der Waals surface area contributed by atoms with Crippen molar-refractivity contribution in [2.24, 2.45) is 5.92 Å². The van der Waals surface area contributed by atoms with Crippen molar-refractivity contribution in [2.75, 3.05) is 33.9 Å². The Labute approximate surface area is 131 Å². The highest BCUT2D eigenvalue weighted by Gasteiger charge is 2.17. The molecule has 0 saturated carbocycles. The van der Waals surface area contributed by atoms with Crippen LogP contribution >= 0.6 is 12.4 Å². The lowest BCUT2D eigenvalue weighted by Gasteiger charge is -2.27. The third kappa shape index (κ3) is 5.10. The number of methoxy groups -OCH3 is 2. The molecule has 2 rings (SSSR count). The van der Waals surface area contributed by atoms with Crippen LogP contribution in [0.1, 0.15) is 12.0 Å². The number of aryl methyl sites for hydroxylation is 1. The van der Waals surface area contributed by atoms with Gasteiger partial charge in [-0.3, -0.25) is 4.79 Å². The summed E-state index contributed by atoms with van der Waals surface area (Å²) in [5, 5.41) is 6.16. The zero-order valence-electron chi connectivity index (χ0n) is 12.5. The SMILES string of the molecule is COc1ccc(CCC(=O)NCC2CNC2)cc1OC.Cl. The van der Waals surface area contributed by atoms with Crippen LogP contribution in [0, 0.1) is 5.92 Å². The zero-order valence-corrected chi connectivity index (χ0v) is 13.3. The van der Waals surface area contributed by atoms with Gasteiger partial charge >= 0.3 is 0 Å². The van der Waals surface area contributed by atoms with E-state index in [0.717, 1.165) is 25.2 Å². The van der Waals surface area contributed by atoms with Crippen molar-refractivity contribution in [3.05, 3.63) is 23.8 Å². The minimum Gasteiger partial charge on any atom is -0.493 e. The number of hydrogen-bond acceptors (Lipinski definition) is 4. The fourth-order valence-corrected chi connectivity index (χ4v) is 2.13. The molecule has 1 heterocycles. The number of nitrogens with one attached hydrogen (secondary N) is 2. The van der Waals surface area contributed by atoms with Crippen LogP contribution in [0.15, 0.2) is 18.2 Å². The predicted octanol–water partition coefficient (Wildman–Crippen LogP) is 1.39. The van der Waals surface area contributed by atoms with E-state index in [9.17, 15) is 4.79 Å². The Hall–Kier alpha value is -1.46. The Balaban J connectivity index is 0.00000220. The van der Waals surface area contributed by atoms with Gasteiger partial charge in [0.05, 0.1) is 14.2 Å². The molecule has 1 fully saturated rings. The lowest BCUT2D eigenvalue weighted by atomic mass is 10.0. The van der Waals surface area contributed by atoms with Crippen molar-refractivity contribution >= 4 is 18.3 Å². The van der Waals surface area contributed by atoms with Crippen LogP contribution in [-0.4, -0.2) is 39.8 Å². The lowest BCUT2D eigenvalue weighted by molar-refractivity contribution is -0.121. The van der Waals surface area contributed by atoms with Gasteiger partial charge in [0.15, 0.2) is 11.5 Å². The molecule has 2 N–H and O–H groups in total. The summed E-state index contributed by atoms with van der Waals surface area (Å²) in [6.45, 7) is 2.80. The Bertz CT molecular complexity index is 464. The quantitative estimate of drug-likeness (QED) is 0.798. The number of rotatable bonds is 7. The zero-order chi connectivity index (χ0) is 14.4. The van der Waals surface area contributed by atoms with Crippen molar-refractivity contribution < 1.29 is 14.3 Å². The van der Waals surface area contributed by atoms with E-state index in [0.29, 0.717) is 30.3 Å². The highest BCUT2D eigenvalue weighted by molar-refractivity contribution is 5.85. The molecule has 0 aliphatic carbocycles. The molecule has 0 atom stereocenters. The molecular weight excluding hydrogens is 292 g/mol. The molecule has 1 saturated heterocycles. The first kappa shape index (κ1) is 17.6. The molecule has 118 valence electrons. The first-order chi connectivity index (χ1) is 9.72. The lowest BCUT2D eigenvalue weighted by Crippen LogP contribution is -2.48. The van der Waals surface area contributed by atoms with Gasteiger partial charge in [-0.25, -0.2) is 0 Å². The van der Waals surface area contributed by atoms with E-state index in [4.69, 9.17) is 9.47 Å². The summed E-state index contributed by atoms with van der Waals surface area (Å²) in [6.07, 6.45) is 1.20. The third-order valence-corrected chi connectivity index (χ3v) is 3.54. The fourth-order valence-electron chi connectivity index (χ4n) is 2.13. The van der Waals surface area contributed by atoms with E-state index in [1.807, 2.05) is 18.2 Å². The number of carbonyl (C=O) groups is 1. The van der Waals surface area contributed by atoms with Crippen LogP contribution < -0.4 is 20.1 Å².